The lowest BCUT2D eigenvalue weighted by Crippen LogP contribution is -1.95. The van der Waals surface area contributed by atoms with Crippen LogP contribution in [-0.4, -0.2) is 22.4 Å². The van der Waals surface area contributed by atoms with Crippen LogP contribution in [0.3, 0.4) is 0 Å². The Kier molecular flexibility index (Phi) is 5.57. The van der Waals surface area contributed by atoms with Gasteiger partial charge in [0.25, 0.3) is 0 Å². The molecule has 0 aliphatic heterocycles. The number of aromatic amines is 1. The van der Waals surface area contributed by atoms with Crippen molar-refractivity contribution >= 4 is 0 Å². The highest BCUT2D eigenvalue weighted by Gasteiger charge is 2.15. The number of aryl methyl sites for hydroxylation is 1. The number of phenols is 1. The number of H-pyrrole nitrogens is 1. The summed E-state index contributed by atoms with van der Waals surface area (Å²) in [5.74, 6) is 2.53. The van der Waals surface area contributed by atoms with Crippen molar-refractivity contribution in [1.29, 1.82) is 0 Å². The number of hydrogen-bond acceptors (Lipinski definition) is 5. The molecule has 3 aromatic carbocycles. The molecule has 6 nitrogen and oxygen atoms in total. The minimum Gasteiger partial charge on any atom is -0.507 e. The summed E-state index contributed by atoms with van der Waals surface area (Å²) < 4.78 is 16.9. The predicted octanol–water partition coefficient (Wildman–Crippen LogP) is 5.47. The number of methoxy groups -OCH3 is 1. The number of nitrogens with one attached hydrogen (secondary N) is 1. The number of nitrogens with zero attached hydrogens (tertiary/aromatic N) is 1. The standard InChI is InChI=1S/C24H22N2O4/c1-16-3-5-17(6-4-16)15-29-20-11-12-21(22(27)13-20)24-23(14-25-26-24)30-19-9-7-18(28-2)8-10-19/h3-14,27H,15H2,1-2H3,(H,25,26). The molecule has 0 aliphatic rings. The third kappa shape index (κ3) is 4.38. The molecule has 0 atom stereocenters. The molecule has 6 heteroatoms. The van der Waals surface area contributed by atoms with Gasteiger partial charge in [-0.2, -0.15) is 5.10 Å². The highest BCUT2D eigenvalue weighted by molar-refractivity contribution is 5.73. The normalized spacial score (nSPS) is 10.6. The molecule has 2 N–H and O–H groups in total. The molecule has 152 valence electrons. The fourth-order valence-corrected chi connectivity index (χ4v) is 2.98. The molecule has 30 heavy (non-hydrogen) atoms. The predicted molar refractivity (Wildman–Crippen MR) is 114 cm³/mol. The van der Waals surface area contributed by atoms with E-state index >= 15 is 0 Å². The smallest absolute Gasteiger partial charge is 0.173 e. The Balaban J connectivity index is 1.49. The van der Waals surface area contributed by atoms with Crippen LogP contribution in [0.1, 0.15) is 11.1 Å². The van der Waals surface area contributed by atoms with Gasteiger partial charge in [0.05, 0.1) is 13.3 Å². The van der Waals surface area contributed by atoms with Gasteiger partial charge in [-0.1, -0.05) is 29.8 Å². The van der Waals surface area contributed by atoms with Crippen molar-refractivity contribution in [3.05, 3.63) is 84.1 Å². The van der Waals surface area contributed by atoms with E-state index in [2.05, 4.69) is 10.2 Å². The van der Waals surface area contributed by atoms with Crippen molar-refractivity contribution in [2.45, 2.75) is 13.5 Å². The van der Waals surface area contributed by atoms with Crippen LogP contribution >= 0.6 is 0 Å². The SMILES string of the molecule is COc1ccc(Oc2cn[nH]c2-c2ccc(OCc3ccc(C)cc3)cc2O)cc1. The van der Waals surface area contributed by atoms with Gasteiger partial charge in [-0.15, -0.1) is 0 Å². The molecule has 1 aromatic heterocycles. The number of phenolic OH excluding ortho intramolecular Hbond substituents is 1. The number of hydrogen-bond donors (Lipinski definition) is 2. The second-order valence-corrected chi connectivity index (χ2v) is 6.84. The molecule has 0 unspecified atom stereocenters. The summed E-state index contributed by atoms with van der Waals surface area (Å²) in [4.78, 5) is 0. The van der Waals surface area contributed by atoms with Gasteiger partial charge in [-0.3, -0.25) is 5.10 Å². The van der Waals surface area contributed by atoms with E-state index in [1.54, 1.807) is 43.6 Å². The second-order valence-electron chi connectivity index (χ2n) is 6.84. The maximum Gasteiger partial charge on any atom is 0.173 e. The summed E-state index contributed by atoms with van der Waals surface area (Å²) in [5.41, 5.74) is 3.41. The van der Waals surface area contributed by atoms with E-state index in [9.17, 15) is 5.11 Å². The molecular formula is C24H22N2O4. The molecule has 1 heterocycles. The Bertz CT molecular complexity index is 1120. The Morgan fingerprint density at radius 1 is 0.900 bits per heavy atom. The second kappa shape index (κ2) is 8.61. The van der Waals surface area contributed by atoms with Crippen molar-refractivity contribution in [1.82, 2.24) is 10.2 Å². The number of aromatic nitrogens is 2. The lowest BCUT2D eigenvalue weighted by Gasteiger charge is -2.11. The topological polar surface area (TPSA) is 76.6 Å². The molecule has 4 rings (SSSR count). The van der Waals surface area contributed by atoms with Crippen molar-refractivity contribution < 1.29 is 19.3 Å². The minimum absolute atomic E-state index is 0.0697. The van der Waals surface area contributed by atoms with E-state index < -0.39 is 0 Å². The first kappa shape index (κ1) is 19.4. The van der Waals surface area contributed by atoms with Crippen molar-refractivity contribution in [2.24, 2.45) is 0 Å². The van der Waals surface area contributed by atoms with E-state index in [1.165, 1.54) is 5.56 Å². The summed E-state index contributed by atoms with van der Waals surface area (Å²) >= 11 is 0. The Hall–Kier alpha value is -3.93. The Morgan fingerprint density at radius 3 is 2.30 bits per heavy atom. The lowest BCUT2D eigenvalue weighted by atomic mass is 10.1. The molecule has 0 fully saturated rings. The van der Waals surface area contributed by atoms with Gasteiger partial charge in [-0.05, 0) is 48.9 Å². The monoisotopic (exact) mass is 402 g/mol. The van der Waals surface area contributed by atoms with E-state index in [1.807, 2.05) is 43.3 Å². The Morgan fingerprint density at radius 2 is 1.60 bits per heavy atom. The van der Waals surface area contributed by atoms with Gasteiger partial charge < -0.3 is 19.3 Å². The maximum absolute atomic E-state index is 10.6. The molecule has 4 aromatic rings. The summed E-state index contributed by atoms with van der Waals surface area (Å²) in [6, 6.07) is 20.5. The molecule has 0 radical (unpaired) electrons. The fraction of sp³-hybridized carbons (Fsp3) is 0.125. The van der Waals surface area contributed by atoms with Gasteiger partial charge >= 0.3 is 0 Å². The zero-order chi connectivity index (χ0) is 20.9. The van der Waals surface area contributed by atoms with Gasteiger partial charge in [-0.25, -0.2) is 0 Å². The summed E-state index contributed by atoms with van der Waals surface area (Å²) in [6.45, 7) is 2.47. The highest BCUT2D eigenvalue weighted by atomic mass is 16.5. The Labute approximate surface area is 174 Å². The van der Waals surface area contributed by atoms with Crippen LogP contribution in [0.25, 0.3) is 11.3 Å². The van der Waals surface area contributed by atoms with Crippen LogP contribution in [0, 0.1) is 6.92 Å². The number of rotatable bonds is 7. The quantitative estimate of drug-likeness (QED) is 0.429. The van der Waals surface area contributed by atoms with Crippen LogP contribution in [0.15, 0.2) is 72.9 Å². The molecule has 0 saturated heterocycles. The average molecular weight is 402 g/mol. The van der Waals surface area contributed by atoms with E-state index in [-0.39, 0.29) is 5.75 Å². The maximum atomic E-state index is 10.6. The summed E-state index contributed by atoms with van der Waals surface area (Å²) in [6.07, 6.45) is 1.57. The number of ether oxygens (including phenoxy) is 3. The molecular weight excluding hydrogens is 380 g/mol. The first-order valence-corrected chi connectivity index (χ1v) is 9.49. The van der Waals surface area contributed by atoms with E-state index in [0.717, 1.165) is 11.3 Å². The number of benzene rings is 3. The zero-order valence-electron chi connectivity index (χ0n) is 16.8. The van der Waals surface area contributed by atoms with Crippen LogP contribution in [-0.2, 0) is 6.61 Å². The third-order valence-electron chi connectivity index (χ3n) is 4.66. The van der Waals surface area contributed by atoms with Crippen molar-refractivity contribution in [3.8, 4) is 40.0 Å². The largest absolute Gasteiger partial charge is 0.507 e. The van der Waals surface area contributed by atoms with Gasteiger partial charge in [0, 0.05) is 11.6 Å². The highest BCUT2D eigenvalue weighted by Crippen LogP contribution is 2.38. The van der Waals surface area contributed by atoms with Gasteiger partial charge in [0.1, 0.15) is 35.3 Å². The first-order valence-electron chi connectivity index (χ1n) is 9.49. The van der Waals surface area contributed by atoms with Crippen LogP contribution in [0.2, 0.25) is 0 Å². The zero-order valence-corrected chi connectivity index (χ0v) is 16.8. The first-order chi connectivity index (χ1) is 14.6. The minimum atomic E-state index is 0.0697. The fourth-order valence-electron chi connectivity index (χ4n) is 2.98. The van der Waals surface area contributed by atoms with Gasteiger partial charge in [0.2, 0.25) is 0 Å². The molecule has 0 amide bonds. The van der Waals surface area contributed by atoms with Crippen LogP contribution in [0.4, 0.5) is 0 Å². The van der Waals surface area contributed by atoms with Crippen molar-refractivity contribution in [2.75, 3.05) is 7.11 Å². The summed E-state index contributed by atoms with van der Waals surface area (Å²) in [5, 5.41) is 17.5. The van der Waals surface area contributed by atoms with E-state index in [0.29, 0.717) is 35.1 Å². The average Bonchev–Trinajstić information content (AvgIpc) is 3.22. The molecule has 0 spiro atoms. The molecule has 0 aliphatic carbocycles. The third-order valence-corrected chi connectivity index (χ3v) is 4.66. The van der Waals surface area contributed by atoms with Gasteiger partial charge in [0.15, 0.2) is 5.75 Å². The summed E-state index contributed by atoms with van der Waals surface area (Å²) in [7, 11) is 1.61. The van der Waals surface area contributed by atoms with Crippen molar-refractivity contribution in [3.63, 3.8) is 0 Å². The number of aromatic hydroxyl groups is 1. The lowest BCUT2D eigenvalue weighted by molar-refractivity contribution is 0.304. The van der Waals surface area contributed by atoms with Crippen LogP contribution in [0.5, 0.6) is 28.7 Å². The molecule has 0 bridgehead atoms. The van der Waals surface area contributed by atoms with Crippen LogP contribution < -0.4 is 14.2 Å². The van der Waals surface area contributed by atoms with E-state index in [4.69, 9.17) is 14.2 Å². The molecule has 0 saturated carbocycles.